The third kappa shape index (κ3) is 4.47. The van der Waals surface area contributed by atoms with Crippen LogP contribution in [0.25, 0.3) is 11.0 Å². The molecule has 2 aromatic rings. The number of hydrogen-bond donors (Lipinski definition) is 1. The number of hydrogen-bond acceptors (Lipinski definition) is 5. The minimum absolute atomic E-state index is 0.0628. The molecule has 1 atom stereocenters. The highest BCUT2D eigenvalue weighted by atomic mass is 16.5. The van der Waals surface area contributed by atoms with Crippen LogP contribution in [0, 0.1) is 19.8 Å². The molecule has 0 saturated carbocycles. The van der Waals surface area contributed by atoms with E-state index in [1.165, 1.54) is 0 Å². The number of nitrogens with one attached hydrogen (secondary N) is 1. The van der Waals surface area contributed by atoms with Crippen molar-refractivity contribution < 1.29 is 9.53 Å². The van der Waals surface area contributed by atoms with Crippen molar-refractivity contribution in [3.05, 3.63) is 23.0 Å². The molecule has 7 heteroatoms. The van der Waals surface area contributed by atoms with E-state index in [0.717, 1.165) is 55.1 Å². The average Bonchev–Trinajstić information content (AvgIpc) is 2.91. The second-order valence-corrected chi connectivity index (χ2v) is 7.84. The summed E-state index contributed by atoms with van der Waals surface area (Å²) in [5, 5.41) is 8.48. The summed E-state index contributed by atoms with van der Waals surface area (Å²) < 4.78 is 7.23. The Bertz CT molecular complexity index is 808. The first-order valence-electron chi connectivity index (χ1n) is 9.77. The fourth-order valence-corrected chi connectivity index (χ4v) is 3.82. The molecule has 1 fully saturated rings. The first kappa shape index (κ1) is 19.8. The van der Waals surface area contributed by atoms with Crippen molar-refractivity contribution in [1.29, 1.82) is 0 Å². The van der Waals surface area contributed by atoms with E-state index in [1.807, 2.05) is 27.0 Å². The quantitative estimate of drug-likeness (QED) is 0.839. The molecule has 0 spiro atoms. The van der Waals surface area contributed by atoms with Crippen LogP contribution >= 0.6 is 0 Å². The van der Waals surface area contributed by atoms with Crippen molar-refractivity contribution in [2.24, 2.45) is 13.0 Å². The third-order valence-corrected chi connectivity index (χ3v) is 5.24. The van der Waals surface area contributed by atoms with Crippen molar-refractivity contribution in [2.75, 3.05) is 32.8 Å². The number of nitrogens with zero attached hydrogens (tertiary/aromatic N) is 4. The van der Waals surface area contributed by atoms with E-state index in [4.69, 9.17) is 4.74 Å². The van der Waals surface area contributed by atoms with Gasteiger partial charge in [-0.1, -0.05) is 13.8 Å². The topological polar surface area (TPSA) is 72.3 Å². The molecular weight excluding hydrogens is 342 g/mol. The van der Waals surface area contributed by atoms with Gasteiger partial charge >= 0.3 is 0 Å². The minimum Gasteiger partial charge on any atom is -0.379 e. The van der Waals surface area contributed by atoms with E-state index < -0.39 is 0 Å². The van der Waals surface area contributed by atoms with Gasteiger partial charge in [-0.05, 0) is 32.3 Å². The van der Waals surface area contributed by atoms with Gasteiger partial charge in [-0.15, -0.1) is 0 Å². The Morgan fingerprint density at radius 1 is 1.26 bits per heavy atom. The molecule has 1 aliphatic heterocycles. The molecule has 1 saturated heterocycles. The normalized spacial score (nSPS) is 16.8. The van der Waals surface area contributed by atoms with E-state index in [1.54, 1.807) is 4.68 Å². The van der Waals surface area contributed by atoms with Gasteiger partial charge in [0.15, 0.2) is 5.65 Å². The number of amides is 1. The Balaban J connectivity index is 1.74. The number of carbonyl (C=O) groups is 1. The van der Waals surface area contributed by atoms with Crippen LogP contribution in [0.5, 0.6) is 0 Å². The molecule has 1 aliphatic rings. The van der Waals surface area contributed by atoms with Crippen LogP contribution in [-0.2, 0) is 11.8 Å². The van der Waals surface area contributed by atoms with E-state index in [2.05, 4.69) is 34.1 Å². The molecule has 7 nitrogen and oxygen atoms in total. The van der Waals surface area contributed by atoms with E-state index >= 15 is 0 Å². The number of aromatic nitrogens is 3. The van der Waals surface area contributed by atoms with Crippen molar-refractivity contribution in [2.45, 2.75) is 40.2 Å². The highest BCUT2D eigenvalue weighted by Gasteiger charge is 2.23. The second-order valence-electron chi connectivity index (χ2n) is 7.84. The molecule has 1 unspecified atom stereocenters. The van der Waals surface area contributed by atoms with Crippen LogP contribution in [-0.4, -0.2) is 64.5 Å². The number of rotatable bonds is 6. The van der Waals surface area contributed by atoms with E-state index in [-0.39, 0.29) is 5.91 Å². The zero-order chi connectivity index (χ0) is 19.6. The largest absolute Gasteiger partial charge is 0.379 e. The van der Waals surface area contributed by atoms with Crippen LogP contribution in [0.15, 0.2) is 6.07 Å². The van der Waals surface area contributed by atoms with Crippen molar-refractivity contribution in [3.63, 3.8) is 0 Å². The SMILES string of the molecule is Cc1nc2c(cc1C(=O)NCC(CC(C)C)N1CCOCC1)c(C)nn2C. The lowest BCUT2D eigenvalue weighted by Gasteiger charge is -2.35. The summed E-state index contributed by atoms with van der Waals surface area (Å²) >= 11 is 0. The number of fused-ring (bicyclic) bond motifs is 1. The van der Waals surface area contributed by atoms with Gasteiger partial charge in [0.25, 0.3) is 5.91 Å². The van der Waals surface area contributed by atoms with Gasteiger partial charge in [0.1, 0.15) is 0 Å². The molecule has 0 aliphatic carbocycles. The summed E-state index contributed by atoms with van der Waals surface area (Å²) in [6.07, 6.45) is 1.05. The lowest BCUT2D eigenvalue weighted by Crippen LogP contribution is -2.49. The van der Waals surface area contributed by atoms with E-state index in [9.17, 15) is 4.79 Å². The summed E-state index contributed by atoms with van der Waals surface area (Å²) in [5.41, 5.74) is 3.06. The lowest BCUT2D eigenvalue weighted by atomic mass is 10.0. The predicted molar refractivity (Wildman–Crippen MR) is 106 cm³/mol. The summed E-state index contributed by atoms with van der Waals surface area (Å²) in [7, 11) is 1.88. The maximum atomic E-state index is 12.9. The average molecular weight is 374 g/mol. The Morgan fingerprint density at radius 3 is 2.63 bits per heavy atom. The lowest BCUT2D eigenvalue weighted by molar-refractivity contribution is 0.0124. The zero-order valence-corrected chi connectivity index (χ0v) is 17.1. The summed E-state index contributed by atoms with van der Waals surface area (Å²) in [6, 6.07) is 2.25. The van der Waals surface area contributed by atoms with Crippen LogP contribution < -0.4 is 5.32 Å². The number of ether oxygens (including phenoxy) is 1. The maximum absolute atomic E-state index is 12.9. The number of carbonyl (C=O) groups excluding carboxylic acids is 1. The number of aryl methyl sites for hydroxylation is 3. The van der Waals surface area contributed by atoms with Crippen molar-refractivity contribution in [3.8, 4) is 0 Å². The molecule has 1 N–H and O–H groups in total. The summed E-state index contributed by atoms with van der Waals surface area (Å²) in [5.74, 6) is 0.514. The Labute approximate surface area is 161 Å². The highest BCUT2D eigenvalue weighted by molar-refractivity contribution is 5.98. The molecule has 3 rings (SSSR count). The van der Waals surface area contributed by atoms with Crippen LogP contribution in [0.2, 0.25) is 0 Å². The van der Waals surface area contributed by atoms with Gasteiger partial charge in [0.05, 0.1) is 30.2 Å². The summed E-state index contributed by atoms with van der Waals surface area (Å²) in [4.78, 5) is 19.9. The minimum atomic E-state index is -0.0628. The zero-order valence-electron chi connectivity index (χ0n) is 17.1. The molecule has 0 bridgehead atoms. The Morgan fingerprint density at radius 2 is 1.96 bits per heavy atom. The smallest absolute Gasteiger partial charge is 0.253 e. The second kappa shape index (κ2) is 8.35. The van der Waals surface area contributed by atoms with Crippen LogP contribution in [0.1, 0.15) is 42.0 Å². The first-order chi connectivity index (χ1) is 12.9. The van der Waals surface area contributed by atoms with Crippen molar-refractivity contribution in [1.82, 2.24) is 25.0 Å². The fraction of sp³-hybridized carbons (Fsp3) is 0.650. The Kier molecular flexibility index (Phi) is 6.11. The molecule has 0 aromatic carbocycles. The van der Waals surface area contributed by atoms with Crippen LogP contribution in [0.4, 0.5) is 0 Å². The van der Waals surface area contributed by atoms with Gasteiger partial charge in [-0.25, -0.2) is 4.98 Å². The number of pyridine rings is 1. The predicted octanol–water partition coefficient (Wildman–Crippen LogP) is 2.06. The van der Waals surface area contributed by atoms with E-state index in [0.29, 0.717) is 24.1 Å². The third-order valence-electron chi connectivity index (χ3n) is 5.24. The molecule has 27 heavy (non-hydrogen) atoms. The monoisotopic (exact) mass is 373 g/mol. The molecular formula is C20H31N5O2. The highest BCUT2D eigenvalue weighted by Crippen LogP contribution is 2.19. The van der Waals surface area contributed by atoms with Crippen LogP contribution in [0.3, 0.4) is 0 Å². The summed E-state index contributed by atoms with van der Waals surface area (Å²) in [6.45, 7) is 12.3. The van der Waals surface area contributed by atoms with Crippen molar-refractivity contribution >= 4 is 16.9 Å². The van der Waals surface area contributed by atoms with Gasteiger partial charge in [0, 0.05) is 38.1 Å². The van der Waals surface area contributed by atoms with Gasteiger partial charge < -0.3 is 10.1 Å². The van der Waals surface area contributed by atoms with Gasteiger partial charge in [-0.2, -0.15) is 5.10 Å². The molecule has 0 radical (unpaired) electrons. The molecule has 1 amide bonds. The number of morpholine rings is 1. The first-order valence-corrected chi connectivity index (χ1v) is 9.77. The standard InChI is InChI=1S/C20H31N5O2/c1-13(2)10-16(25-6-8-27-9-7-25)12-21-20(26)18-11-17-15(4)23-24(5)19(17)22-14(18)3/h11,13,16H,6-10,12H2,1-5H3,(H,21,26). The molecule has 3 heterocycles. The maximum Gasteiger partial charge on any atom is 0.253 e. The Hall–Kier alpha value is -1.99. The fourth-order valence-electron chi connectivity index (χ4n) is 3.82. The van der Waals surface area contributed by atoms with Gasteiger partial charge in [-0.3, -0.25) is 14.4 Å². The molecule has 2 aromatic heterocycles. The van der Waals surface area contributed by atoms with Gasteiger partial charge in [0.2, 0.25) is 0 Å². The molecule has 148 valence electrons.